The summed E-state index contributed by atoms with van der Waals surface area (Å²) in [5, 5.41) is 32.1. The minimum absolute atomic E-state index is 0.000277. The Labute approximate surface area is 148 Å². The molecule has 138 valence electrons. The number of rotatable bonds is 1. The fourth-order valence-corrected chi connectivity index (χ4v) is 7.22. The predicted octanol–water partition coefficient (Wildman–Crippen LogP) is 1.25. The average Bonchev–Trinajstić information content (AvgIpc) is 2.68. The lowest BCUT2D eigenvalue weighted by Crippen LogP contribution is -2.69. The average molecular weight is 348 g/mol. The molecule has 0 radical (unpaired) electrons. The van der Waals surface area contributed by atoms with Crippen LogP contribution in [0.4, 0.5) is 0 Å². The van der Waals surface area contributed by atoms with Crippen molar-refractivity contribution < 1.29 is 24.9 Å². The molecular weight excluding hydrogens is 320 g/mol. The van der Waals surface area contributed by atoms with Crippen LogP contribution in [0.5, 0.6) is 0 Å². The molecule has 4 aliphatic carbocycles. The van der Waals surface area contributed by atoms with E-state index in [2.05, 4.69) is 6.58 Å². The summed E-state index contributed by atoms with van der Waals surface area (Å²) in [7, 11) is 0. The lowest BCUT2D eigenvalue weighted by Gasteiger charge is -2.64. The Morgan fingerprint density at radius 2 is 1.88 bits per heavy atom. The Hall–Kier alpha value is -1.04. The molecule has 0 aliphatic heterocycles. The highest BCUT2D eigenvalue weighted by molar-refractivity contribution is 6.09. The van der Waals surface area contributed by atoms with Crippen LogP contribution in [0.25, 0.3) is 0 Å². The monoisotopic (exact) mass is 348 g/mol. The summed E-state index contributed by atoms with van der Waals surface area (Å²) < 4.78 is 0. The number of Topliss-reactive ketones (excluding diaryl/α,β-unsaturated/α-hetero) is 2. The molecule has 1 spiro atoms. The topological polar surface area (TPSA) is 94.8 Å². The lowest BCUT2D eigenvalue weighted by molar-refractivity contribution is -0.225. The van der Waals surface area contributed by atoms with Gasteiger partial charge in [-0.2, -0.15) is 0 Å². The van der Waals surface area contributed by atoms with E-state index in [0.717, 1.165) is 19.3 Å². The maximum atomic E-state index is 13.1. The summed E-state index contributed by atoms with van der Waals surface area (Å²) in [4.78, 5) is 26.3. The van der Waals surface area contributed by atoms with Crippen molar-refractivity contribution in [3.63, 3.8) is 0 Å². The molecule has 4 rings (SSSR count). The normalized spacial score (nSPS) is 55.1. The summed E-state index contributed by atoms with van der Waals surface area (Å²) >= 11 is 0. The van der Waals surface area contributed by atoms with Crippen LogP contribution >= 0.6 is 0 Å². The third-order valence-electron chi connectivity index (χ3n) is 8.36. The van der Waals surface area contributed by atoms with Crippen LogP contribution < -0.4 is 0 Å². The van der Waals surface area contributed by atoms with Gasteiger partial charge in [0, 0.05) is 24.9 Å². The molecule has 0 aromatic rings. The highest BCUT2D eigenvalue weighted by Crippen LogP contribution is 2.70. The van der Waals surface area contributed by atoms with Gasteiger partial charge in [-0.3, -0.25) is 9.59 Å². The van der Waals surface area contributed by atoms with E-state index < -0.39 is 34.9 Å². The number of hydrogen-bond acceptors (Lipinski definition) is 5. The number of aliphatic hydroxyl groups excluding tert-OH is 3. The molecule has 4 saturated carbocycles. The summed E-state index contributed by atoms with van der Waals surface area (Å²) in [5.41, 5.74) is -2.02. The molecule has 2 bridgehead atoms. The Bertz CT molecular complexity index is 671. The first kappa shape index (κ1) is 17.4. The Morgan fingerprint density at radius 1 is 1.20 bits per heavy atom. The highest BCUT2D eigenvalue weighted by Gasteiger charge is 2.76. The number of carbonyl (C=O) groups excluding carboxylic acids is 2. The van der Waals surface area contributed by atoms with Crippen molar-refractivity contribution in [2.75, 3.05) is 6.61 Å². The van der Waals surface area contributed by atoms with E-state index in [1.165, 1.54) is 0 Å². The van der Waals surface area contributed by atoms with Gasteiger partial charge in [0.15, 0.2) is 5.78 Å². The zero-order valence-electron chi connectivity index (χ0n) is 15.0. The van der Waals surface area contributed by atoms with Gasteiger partial charge in [-0.1, -0.05) is 26.8 Å². The number of aliphatic hydroxyl groups is 3. The summed E-state index contributed by atoms with van der Waals surface area (Å²) in [5.74, 6) is -1.66. The first-order valence-electron chi connectivity index (χ1n) is 9.38. The number of ketones is 2. The van der Waals surface area contributed by atoms with Crippen molar-refractivity contribution in [1.82, 2.24) is 0 Å². The van der Waals surface area contributed by atoms with Crippen molar-refractivity contribution in [3.05, 3.63) is 12.2 Å². The Kier molecular flexibility index (Phi) is 3.49. The molecule has 5 heteroatoms. The first-order valence-corrected chi connectivity index (χ1v) is 9.38. The molecule has 0 saturated heterocycles. The van der Waals surface area contributed by atoms with E-state index in [1.54, 1.807) is 0 Å². The van der Waals surface area contributed by atoms with Crippen molar-refractivity contribution in [2.45, 2.75) is 58.2 Å². The molecule has 3 N–H and O–H groups in total. The summed E-state index contributed by atoms with van der Waals surface area (Å²) in [6.07, 6.45) is 0.835. The maximum absolute atomic E-state index is 13.1. The van der Waals surface area contributed by atoms with Gasteiger partial charge in [0.1, 0.15) is 5.78 Å². The van der Waals surface area contributed by atoms with Crippen LogP contribution in [0, 0.1) is 34.0 Å². The number of hydrogen-bond donors (Lipinski definition) is 3. The van der Waals surface area contributed by atoms with E-state index in [9.17, 15) is 24.9 Å². The van der Waals surface area contributed by atoms with Gasteiger partial charge >= 0.3 is 0 Å². The lowest BCUT2D eigenvalue weighted by atomic mass is 9.39. The quantitative estimate of drug-likeness (QED) is 0.620. The van der Waals surface area contributed by atoms with Crippen molar-refractivity contribution in [1.29, 1.82) is 0 Å². The van der Waals surface area contributed by atoms with E-state index in [1.807, 2.05) is 13.8 Å². The highest BCUT2D eigenvalue weighted by atomic mass is 16.3. The van der Waals surface area contributed by atoms with Crippen LogP contribution in [0.3, 0.4) is 0 Å². The molecule has 5 unspecified atom stereocenters. The number of carbonyl (C=O) groups is 2. The summed E-state index contributed by atoms with van der Waals surface area (Å²) in [6.45, 7) is 7.89. The van der Waals surface area contributed by atoms with E-state index in [0.29, 0.717) is 12.0 Å². The standard InChI is InChI=1S/C20H28O5/c1-10-11-7-12(22)15-19(3)6-4-5-18(2,9-21)13(19)8-14(23)20(15,16(10)24)17(11)25/h11,13-15,17,21,23,25H,1,4-9H2,2-3H3/t11?,13-,14?,15+,17?,18?,19?,20-/m1/s1. The van der Waals surface area contributed by atoms with E-state index in [4.69, 9.17) is 0 Å². The maximum Gasteiger partial charge on any atom is 0.170 e. The van der Waals surface area contributed by atoms with Crippen LogP contribution in [-0.2, 0) is 9.59 Å². The SMILES string of the molecule is C=C1C(=O)[C@@]23C(O)C[C@@H]4C(C)(CO)CCCC4(C)[C@@H]2C(=O)CC1C3O. The van der Waals surface area contributed by atoms with Crippen molar-refractivity contribution in [3.8, 4) is 0 Å². The minimum atomic E-state index is -1.43. The molecule has 25 heavy (non-hydrogen) atoms. The molecule has 0 aromatic carbocycles. The molecule has 5 nitrogen and oxygen atoms in total. The predicted molar refractivity (Wildman–Crippen MR) is 90.5 cm³/mol. The third kappa shape index (κ3) is 1.75. The van der Waals surface area contributed by atoms with Gasteiger partial charge in [-0.15, -0.1) is 0 Å². The number of fused-ring (bicyclic) bond motifs is 3. The second-order valence-corrected chi connectivity index (χ2v) is 9.42. The molecule has 4 aliphatic rings. The smallest absolute Gasteiger partial charge is 0.170 e. The fraction of sp³-hybridized carbons (Fsp3) is 0.800. The van der Waals surface area contributed by atoms with Gasteiger partial charge in [-0.25, -0.2) is 0 Å². The van der Waals surface area contributed by atoms with Gasteiger partial charge < -0.3 is 15.3 Å². The first-order chi connectivity index (χ1) is 11.6. The van der Waals surface area contributed by atoms with Gasteiger partial charge in [-0.05, 0) is 41.6 Å². The van der Waals surface area contributed by atoms with Gasteiger partial charge in [0.25, 0.3) is 0 Å². The summed E-state index contributed by atoms with van der Waals surface area (Å²) in [6, 6.07) is 0. The molecule has 0 amide bonds. The van der Waals surface area contributed by atoms with Crippen LogP contribution in [0.2, 0.25) is 0 Å². The van der Waals surface area contributed by atoms with Crippen LogP contribution in [0.15, 0.2) is 12.2 Å². The van der Waals surface area contributed by atoms with Crippen molar-refractivity contribution in [2.24, 2.45) is 34.0 Å². The zero-order valence-corrected chi connectivity index (χ0v) is 15.0. The molecule has 8 atom stereocenters. The molecule has 0 aromatic heterocycles. The van der Waals surface area contributed by atoms with Gasteiger partial charge in [0.05, 0.1) is 17.6 Å². The third-order valence-corrected chi connectivity index (χ3v) is 8.36. The fourth-order valence-electron chi connectivity index (χ4n) is 7.22. The molecular formula is C20H28O5. The largest absolute Gasteiger partial charge is 0.396 e. The minimum Gasteiger partial charge on any atom is -0.396 e. The molecule has 4 fully saturated rings. The van der Waals surface area contributed by atoms with Crippen LogP contribution in [-0.4, -0.2) is 45.7 Å². The Morgan fingerprint density at radius 3 is 2.52 bits per heavy atom. The van der Waals surface area contributed by atoms with E-state index in [-0.39, 0.29) is 35.9 Å². The van der Waals surface area contributed by atoms with Gasteiger partial charge in [0.2, 0.25) is 0 Å². The zero-order chi connectivity index (χ0) is 18.4. The molecule has 0 heterocycles. The second kappa shape index (κ2) is 5.02. The van der Waals surface area contributed by atoms with E-state index >= 15 is 0 Å². The van der Waals surface area contributed by atoms with Crippen molar-refractivity contribution >= 4 is 11.6 Å². The second-order valence-electron chi connectivity index (χ2n) is 9.42. The van der Waals surface area contributed by atoms with Crippen LogP contribution in [0.1, 0.15) is 46.0 Å². The Balaban J connectivity index is 1.92.